The number of hydrogen-bond acceptors (Lipinski definition) is 3. The Morgan fingerprint density at radius 3 is 2.44 bits per heavy atom. The second-order valence-corrected chi connectivity index (χ2v) is 5.87. The summed E-state index contributed by atoms with van der Waals surface area (Å²) in [5.74, 6) is -0.0342. The molecule has 1 aliphatic rings. The van der Waals surface area contributed by atoms with Crippen LogP contribution in [-0.4, -0.2) is 24.5 Å². The molecule has 25 heavy (non-hydrogen) atoms. The maximum absolute atomic E-state index is 12.9. The number of halogens is 1. The summed E-state index contributed by atoms with van der Waals surface area (Å²) in [5, 5.41) is 1.82. The molecule has 2 amide bonds. The standard InChI is InChI=1S/C19H19FN2O3/c1-2-25-16-9-7-15(8-10-16)22-18(23)11-17(19(22)24)21-12-13-3-5-14(20)6-4-13/h3-10,17,21H,2,11-12H2,1H3/p+1/t17-/m0/s1. The van der Waals surface area contributed by atoms with Gasteiger partial charge in [0.2, 0.25) is 5.91 Å². The van der Waals surface area contributed by atoms with Crippen LogP contribution in [0.25, 0.3) is 0 Å². The van der Waals surface area contributed by atoms with Crippen LogP contribution in [0.2, 0.25) is 0 Å². The van der Waals surface area contributed by atoms with E-state index in [9.17, 15) is 14.0 Å². The number of ether oxygens (including phenoxy) is 1. The largest absolute Gasteiger partial charge is 0.494 e. The Balaban J connectivity index is 1.66. The Kier molecular flexibility index (Phi) is 5.09. The van der Waals surface area contributed by atoms with Crippen LogP contribution in [0, 0.1) is 5.82 Å². The Labute approximate surface area is 145 Å². The highest BCUT2D eigenvalue weighted by atomic mass is 19.1. The van der Waals surface area contributed by atoms with Crippen molar-refractivity contribution in [3.63, 3.8) is 0 Å². The van der Waals surface area contributed by atoms with Gasteiger partial charge in [-0.15, -0.1) is 0 Å². The predicted octanol–water partition coefficient (Wildman–Crippen LogP) is 1.62. The van der Waals surface area contributed by atoms with Gasteiger partial charge in [0.15, 0.2) is 6.04 Å². The Bertz CT molecular complexity index is 759. The molecule has 0 bridgehead atoms. The first-order valence-corrected chi connectivity index (χ1v) is 8.26. The number of nitrogens with zero attached hydrogens (tertiary/aromatic N) is 1. The van der Waals surface area contributed by atoms with E-state index in [4.69, 9.17) is 4.74 Å². The summed E-state index contributed by atoms with van der Waals surface area (Å²) in [7, 11) is 0. The van der Waals surface area contributed by atoms with Crippen LogP contribution in [0.1, 0.15) is 18.9 Å². The van der Waals surface area contributed by atoms with E-state index < -0.39 is 6.04 Å². The van der Waals surface area contributed by atoms with Gasteiger partial charge in [0, 0.05) is 5.56 Å². The third-order valence-electron chi connectivity index (χ3n) is 4.14. The van der Waals surface area contributed by atoms with Crippen molar-refractivity contribution in [2.24, 2.45) is 0 Å². The van der Waals surface area contributed by atoms with Crippen molar-refractivity contribution < 1.29 is 24.0 Å². The second-order valence-electron chi connectivity index (χ2n) is 5.87. The van der Waals surface area contributed by atoms with Gasteiger partial charge in [-0.25, -0.2) is 9.29 Å². The molecule has 0 unspecified atom stereocenters. The number of carbonyl (C=O) groups excluding carboxylic acids is 2. The number of anilines is 1. The average molecular weight is 343 g/mol. The SMILES string of the molecule is CCOc1ccc(N2C(=O)C[C@H]([NH2+]Cc3ccc(F)cc3)C2=O)cc1. The lowest BCUT2D eigenvalue weighted by Gasteiger charge is -2.15. The monoisotopic (exact) mass is 343 g/mol. The lowest BCUT2D eigenvalue weighted by Crippen LogP contribution is -2.90. The summed E-state index contributed by atoms with van der Waals surface area (Å²) in [4.78, 5) is 26.1. The number of carbonyl (C=O) groups is 2. The molecule has 0 aromatic heterocycles. The lowest BCUT2D eigenvalue weighted by atomic mass is 10.2. The molecular weight excluding hydrogens is 323 g/mol. The minimum atomic E-state index is -0.455. The molecule has 1 heterocycles. The smallest absolute Gasteiger partial charge is 0.292 e. The van der Waals surface area contributed by atoms with Crippen LogP contribution in [-0.2, 0) is 16.1 Å². The van der Waals surface area contributed by atoms with Gasteiger partial charge in [-0.3, -0.25) is 9.59 Å². The Hall–Kier alpha value is -2.73. The van der Waals surface area contributed by atoms with E-state index in [-0.39, 0.29) is 24.1 Å². The summed E-state index contributed by atoms with van der Waals surface area (Å²) in [6.45, 7) is 2.96. The molecular formula is C19H20FN2O3+. The molecule has 0 aliphatic carbocycles. The van der Waals surface area contributed by atoms with Crippen molar-refractivity contribution >= 4 is 17.5 Å². The molecule has 2 aromatic rings. The van der Waals surface area contributed by atoms with Crippen molar-refractivity contribution in [1.82, 2.24) is 0 Å². The molecule has 0 saturated carbocycles. The maximum Gasteiger partial charge on any atom is 0.292 e. The predicted molar refractivity (Wildman–Crippen MR) is 90.5 cm³/mol. The fourth-order valence-electron chi connectivity index (χ4n) is 2.87. The zero-order chi connectivity index (χ0) is 17.8. The van der Waals surface area contributed by atoms with Gasteiger partial charge >= 0.3 is 0 Å². The fraction of sp³-hybridized carbons (Fsp3) is 0.263. The molecule has 0 spiro atoms. The Morgan fingerprint density at radius 1 is 1.12 bits per heavy atom. The van der Waals surface area contributed by atoms with Gasteiger partial charge in [-0.05, 0) is 43.3 Å². The van der Waals surface area contributed by atoms with Crippen molar-refractivity contribution in [3.8, 4) is 5.75 Å². The Morgan fingerprint density at radius 2 is 1.80 bits per heavy atom. The van der Waals surface area contributed by atoms with E-state index in [0.717, 1.165) is 5.56 Å². The molecule has 1 atom stereocenters. The molecule has 6 heteroatoms. The topological polar surface area (TPSA) is 63.2 Å². The number of hydrogen-bond donors (Lipinski definition) is 1. The van der Waals surface area contributed by atoms with Crippen LogP contribution >= 0.6 is 0 Å². The maximum atomic E-state index is 12.9. The van der Waals surface area contributed by atoms with Crippen LogP contribution in [0.5, 0.6) is 5.75 Å². The average Bonchev–Trinajstić information content (AvgIpc) is 2.89. The highest BCUT2D eigenvalue weighted by Gasteiger charge is 2.42. The molecule has 2 N–H and O–H groups in total. The fourth-order valence-corrected chi connectivity index (χ4v) is 2.87. The molecule has 1 aliphatic heterocycles. The van der Waals surface area contributed by atoms with Crippen LogP contribution in [0.3, 0.4) is 0 Å². The van der Waals surface area contributed by atoms with Crippen molar-refractivity contribution in [3.05, 3.63) is 59.9 Å². The van der Waals surface area contributed by atoms with Crippen molar-refractivity contribution in [2.45, 2.75) is 25.9 Å². The van der Waals surface area contributed by atoms with E-state index in [1.165, 1.54) is 17.0 Å². The first kappa shape index (κ1) is 17.1. The molecule has 5 nitrogen and oxygen atoms in total. The zero-order valence-corrected chi connectivity index (χ0v) is 13.9. The van der Waals surface area contributed by atoms with Gasteiger partial charge in [0.05, 0.1) is 18.7 Å². The van der Waals surface area contributed by atoms with E-state index in [0.29, 0.717) is 24.6 Å². The molecule has 1 fully saturated rings. The van der Waals surface area contributed by atoms with E-state index >= 15 is 0 Å². The van der Waals surface area contributed by atoms with Crippen LogP contribution in [0.15, 0.2) is 48.5 Å². The summed E-state index contributed by atoms with van der Waals surface area (Å²) < 4.78 is 18.3. The molecule has 1 saturated heterocycles. The first-order chi connectivity index (χ1) is 12.1. The minimum Gasteiger partial charge on any atom is -0.494 e. The number of amides is 2. The number of quaternary nitrogens is 1. The van der Waals surface area contributed by atoms with Gasteiger partial charge in [0.25, 0.3) is 5.91 Å². The number of rotatable bonds is 6. The summed E-state index contributed by atoms with van der Waals surface area (Å²) in [5.41, 5.74) is 1.46. The van der Waals surface area contributed by atoms with Gasteiger partial charge < -0.3 is 10.1 Å². The third-order valence-corrected chi connectivity index (χ3v) is 4.14. The lowest BCUT2D eigenvalue weighted by molar-refractivity contribution is -0.690. The highest BCUT2D eigenvalue weighted by molar-refractivity contribution is 6.21. The van der Waals surface area contributed by atoms with Gasteiger partial charge in [-0.1, -0.05) is 12.1 Å². The second kappa shape index (κ2) is 7.44. The van der Waals surface area contributed by atoms with Crippen LogP contribution in [0.4, 0.5) is 10.1 Å². The van der Waals surface area contributed by atoms with Crippen molar-refractivity contribution in [2.75, 3.05) is 11.5 Å². The van der Waals surface area contributed by atoms with Crippen LogP contribution < -0.4 is 15.0 Å². The summed E-state index contributed by atoms with van der Waals surface area (Å²) in [6, 6.07) is 12.6. The minimum absolute atomic E-state index is 0.160. The van der Waals surface area contributed by atoms with Gasteiger partial charge in [-0.2, -0.15) is 0 Å². The highest BCUT2D eigenvalue weighted by Crippen LogP contribution is 2.24. The summed E-state index contributed by atoms with van der Waals surface area (Å²) in [6.07, 6.45) is 0.160. The number of benzene rings is 2. The number of nitrogens with two attached hydrogens (primary N) is 1. The molecule has 2 aromatic carbocycles. The van der Waals surface area contributed by atoms with E-state index in [1.807, 2.05) is 12.2 Å². The van der Waals surface area contributed by atoms with E-state index in [2.05, 4.69) is 0 Å². The van der Waals surface area contributed by atoms with Crippen molar-refractivity contribution in [1.29, 1.82) is 0 Å². The normalized spacial score (nSPS) is 17.2. The number of imide groups is 1. The summed E-state index contributed by atoms with van der Waals surface area (Å²) >= 11 is 0. The van der Waals surface area contributed by atoms with Gasteiger partial charge in [0.1, 0.15) is 18.1 Å². The molecule has 3 rings (SSSR count). The zero-order valence-electron chi connectivity index (χ0n) is 13.9. The first-order valence-electron chi connectivity index (χ1n) is 8.26. The quantitative estimate of drug-likeness (QED) is 0.811. The molecule has 0 radical (unpaired) electrons. The van der Waals surface area contributed by atoms with E-state index in [1.54, 1.807) is 36.4 Å². The molecule has 130 valence electrons. The third kappa shape index (κ3) is 3.85.